The predicted molar refractivity (Wildman–Crippen MR) is 106 cm³/mol. The maximum atomic E-state index is 4.31. The van der Waals surface area contributed by atoms with Crippen molar-refractivity contribution in [1.82, 2.24) is 15.4 Å². The van der Waals surface area contributed by atoms with Crippen molar-refractivity contribution in [2.24, 2.45) is 0 Å². The highest BCUT2D eigenvalue weighted by Gasteiger charge is 2.31. The number of halogens is 1. The highest BCUT2D eigenvalue weighted by molar-refractivity contribution is 14.1. The van der Waals surface area contributed by atoms with Gasteiger partial charge in [0.05, 0.1) is 11.7 Å². The minimum absolute atomic E-state index is 0.376. The first-order chi connectivity index (χ1) is 11.6. The number of nitrogens with zero attached hydrogens (tertiary/aromatic N) is 3. The fourth-order valence-electron chi connectivity index (χ4n) is 3.23. The number of fused-ring (bicyclic) bond motifs is 1. The number of aromatic nitrogens is 1. The number of pyridine rings is 1. The molecule has 1 aromatic carbocycles. The molecule has 4 nitrogen and oxygen atoms in total. The number of rotatable bonds is 2. The van der Waals surface area contributed by atoms with Gasteiger partial charge in [-0.15, -0.1) is 0 Å². The van der Waals surface area contributed by atoms with Gasteiger partial charge in [0.15, 0.2) is 0 Å². The zero-order valence-corrected chi connectivity index (χ0v) is 15.9. The summed E-state index contributed by atoms with van der Waals surface area (Å²) in [5.74, 6) is 0. The molecule has 3 heterocycles. The maximum absolute atomic E-state index is 4.31. The van der Waals surface area contributed by atoms with Crippen LogP contribution in [0.2, 0.25) is 0 Å². The van der Waals surface area contributed by atoms with E-state index in [9.17, 15) is 0 Å². The van der Waals surface area contributed by atoms with Gasteiger partial charge in [0.2, 0.25) is 0 Å². The summed E-state index contributed by atoms with van der Waals surface area (Å²) in [6.45, 7) is 5.22. The Hall–Kier alpha value is -2.02. The summed E-state index contributed by atoms with van der Waals surface area (Å²) >= 11 is 2.34. The van der Waals surface area contributed by atoms with Crippen LogP contribution in [-0.2, 0) is 0 Å². The van der Waals surface area contributed by atoms with E-state index in [1.54, 1.807) is 0 Å². The van der Waals surface area contributed by atoms with E-state index < -0.39 is 0 Å². The Bertz CT molecular complexity index is 826. The van der Waals surface area contributed by atoms with Gasteiger partial charge in [0, 0.05) is 45.7 Å². The van der Waals surface area contributed by atoms with Crippen LogP contribution in [0.15, 0.2) is 60.7 Å². The number of nitrogens with one attached hydrogen (secondary N) is 1. The van der Waals surface area contributed by atoms with Crippen LogP contribution in [0, 0.1) is 10.5 Å². The molecule has 0 spiro atoms. The molecule has 4 rings (SSSR count). The van der Waals surface area contributed by atoms with E-state index in [0.29, 0.717) is 6.04 Å². The highest BCUT2D eigenvalue weighted by Crippen LogP contribution is 2.34. The fourth-order valence-corrected chi connectivity index (χ4v) is 3.59. The van der Waals surface area contributed by atoms with Crippen LogP contribution in [0.1, 0.15) is 18.2 Å². The van der Waals surface area contributed by atoms with Crippen molar-refractivity contribution in [3.63, 3.8) is 0 Å². The molecular weight excluding hydrogens is 411 g/mol. The van der Waals surface area contributed by atoms with Crippen LogP contribution in [-0.4, -0.2) is 22.6 Å². The second-order valence-electron chi connectivity index (χ2n) is 6.24. The molecule has 0 radical (unpaired) electrons. The molecule has 0 fully saturated rings. The molecule has 2 aliphatic rings. The highest BCUT2D eigenvalue weighted by atomic mass is 127. The van der Waals surface area contributed by atoms with E-state index in [1.165, 1.54) is 26.1 Å². The Labute approximate surface area is 156 Å². The Morgan fingerprint density at radius 2 is 2.00 bits per heavy atom. The third-order valence-corrected chi connectivity index (χ3v) is 5.15. The number of allylic oxidation sites excluding steroid dienone is 1. The molecule has 24 heavy (non-hydrogen) atoms. The first-order valence-corrected chi connectivity index (χ1v) is 9.13. The van der Waals surface area contributed by atoms with Gasteiger partial charge in [-0.25, -0.2) is 0 Å². The van der Waals surface area contributed by atoms with E-state index in [0.717, 1.165) is 12.2 Å². The summed E-state index contributed by atoms with van der Waals surface area (Å²) in [4.78, 5) is 6.64. The van der Waals surface area contributed by atoms with Crippen molar-refractivity contribution < 1.29 is 0 Å². The van der Waals surface area contributed by atoms with Crippen LogP contribution >= 0.6 is 22.6 Å². The van der Waals surface area contributed by atoms with Crippen molar-refractivity contribution >= 4 is 33.9 Å². The molecule has 0 amide bonds. The second-order valence-corrected chi connectivity index (χ2v) is 7.48. The van der Waals surface area contributed by atoms with Gasteiger partial charge in [0.25, 0.3) is 0 Å². The second kappa shape index (κ2) is 6.12. The Morgan fingerprint density at radius 1 is 1.21 bits per heavy atom. The third kappa shape index (κ3) is 2.77. The van der Waals surface area contributed by atoms with Crippen LogP contribution in [0.3, 0.4) is 0 Å². The van der Waals surface area contributed by atoms with Crippen LogP contribution in [0.25, 0.3) is 5.57 Å². The molecule has 0 saturated carbocycles. The van der Waals surface area contributed by atoms with Crippen LogP contribution in [0.4, 0.5) is 5.69 Å². The molecule has 5 heteroatoms. The van der Waals surface area contributed by atoms with E-state index in [-0.39, 0.29) is 0 Å². The lowest BCUT2D eigenvalue weighted by molar-refractivity contribution is 0.232. The lowest BCUT2D eigenvalue weighted by Gasteiger charge is -2.38. The van der Waals surface area contributed by atoms with E-state index in [4.69, 9.17) is 0 Å². The van der Waals surface area contributed by atoms with Gasteiger partial charge in [0.1, 0.15) is 0 Å². The topological polar surface area (TPSA) is 31.4 Å². The van der Waals surface area contributed by atoms with Crippen molar-refractivity contribution in [2.75, 3.05) is 11.4 Å². The average Bonchev–Trinajstić information content (AvgIpc) is 3.00. The minimum Gasteiger partial charge on any atom is -0.344 e. The molecule has 2 aromatic rings. The SMILES string of the molecule is Cc1cc(C2=CNN3C2=CN(c2ccc(I)cc2)C[C@@H]3C)ccn1. The Balaban J connectivity index is 1.72. The molecule has 0 unspecified atom stereocenters. The zero-order valence-electron chi connectivity index (χ0n) is 13.7. The lowest BCUT2D eigenvalue weighted by Crippen LogP contribution is -2.47. The van der Waals surface area contributed by atoms with Gasteiger partial charge in [-0.3, -0.25) is 9.99 Å². The van der Waals surface area contributed by atoms with Crippen LogP contribution < -0.4 is 10.3 Å². The molecule has 1 N–H and O–H groups in total. The number of aryl methyl sites for hydroxylation is 1. The van der Waals surface area contributed by atoms with Gasteiger partial charge in [-0.1, -0.05) is 0 Å². The number of hydrazine groups is 1. The number of hydrogen-bond donors (Lipinski definition) is 1. The van der Waals surface area contributed by atoms with Crippen LogP contribution in [0.5, 0.6) is 0 Å². The quantitative estimate of drug-likeness (QED) is 0.733. The molecule has 122 valence electrons. The summed E-state index contributed by atoms with van der Waals surface area (Å²) in [5, 5.41) is 2.24. The number of hydrogen-bond acceptors (Lipinski definition) is 4. The van der Waals surface area contributed by atoms with Gasteiger partial charge >= 0.3 is 0 Å². The standard InChI is InChI=1S/C19H19IN4/c1-13-9-15(7-8-21-13)18-10-22-24-14(2)11-23(12-19(18)24)17-5-3-16(20)4-6-17/h3-10,12,14,22H,11H2,1-2H3/t14-/m0/s1. The van der Waals surface area contributed by atoms with Gasteiger partial charge < -0.3 is 10.3 Å². The molecule has 1 atom stereocenters. The first kappa shape index (κ1) is 15.5. The molecule has 0 saturated heterocycles. The van der Waals surface area contributed by atoms with Crippen molar-refractivity contribution in [3.8, 4) is 0 Å². The molecule has 1 aromatic heterocycles. The third-order valence-electron chi connectivity index (χ3n) is 4.43. The summed E-state index contributed by atoms with van der Waals surface area (Å²) in [5.41, 5.74) is 9.29. The van der Waals surface area contributed by atoms with E-state index >= 15 is 0 Å². The van der Waals surface area contributed by atoms with Gasteiger partial charge in [-0.2, -0.15) is 0 Å². The minimum atomic E-state index is 0.376. The fraction of sp³-hybridized carbons (Fsp3) is 0.211. The maximum Gasteiger partial charge on any atom is 0.0831 e. The van der Waals surface area contributed by atoms with Crippen molar-refractivity contribution in [3.05, 3.63) is 75.5 Å². The normalized spacial score (nSPS) is 19.5. The summed E-state index contributed by atoms with van der Waals surface area (Å²) in [6.07, 6.45) is 6.20. The smallest absolute Gasteiger partial charge is 0.0831 e. The molecule has 0 aliphatic carbocycles. The van der Waals surface area contributed by atoms with Crippen molar-refractivity contribution in [2.45, 2.75) is 19.9 Å². The first-order valence-electron chi connectivity index (χ1n) is 8.05. The Morgan fingerprint density at radius 3 is 2.75 bits per heavy atom. The number of anilines is 1. The van der Waals surface area contributed by atoms with Gasteiger partial charge in [-0.05, 0) is 78.4 Å². The monoisotopic (exact) mass is 430 g/mol. The number of benzene rings is 1. The Kier molecular flexibility index (Phi) is 3.96. The average molecular weight is 430 g/mol. The molecule has 2 aliphatic heterocycles. The molecular formula is C19H19IN4. The van der Waals surface area contributed by atoms with E-state index in [1.807, 2.05) is 13.1 Å². The zero-order chi connectivity index (χ0) is 16.7. The predicted octanol–water partition coefficient (Wildman–Crippen LogP) is 3.91. The summed E-state index contributed by atoms with van der Waals surface area (Å²) in [7, 11) is 0. The largest absolute Gasteiger partial charge is 0.344 e. The summed E-state index contributed by atoms with van der Waals surface area (Å²) in [6, 6.07) is 13.3. The summed E-state index contributed by atoms with van der Waals surface area (Å²) < 4.78 is 1.26. The molecule has 0 bridgehead atoms. The van der Waals surface area contributed by atoms with Crippen molar-refractivity contribution in [1.29, 1.82) is 0 Å². The van der Waals surface area contributed by atoms with E-state index in [2.05, 4.69) is 98.6 Å². The lowest BCUT2D eigenvalue weighted by atomic mass is 10.0.